The molecule has 0 fully saturated rings. The second kappa shape index (κ2) is 4.17. The van der Waals surface area contributed by atoms with Crippen molar-refractivity contribution in [2.75, 3.05) is 19.8 Å². The average Bonchev–Trinajstić information content (AvgIpc) is 2.30. The molecule has 1 atom stereocenters. The lowest BCUT2D eigenvalue weighted by Crippen LogP contribution is -2.19. The molecule has 0 amide bonds. The number of nitrogens with two attached hydrogens (primary N) is 1. The smallest absolute Gasteiger partial charge is 0.172 e. The highest BCUT2D eigenvalue weighted by Gasteiger charge is 2.25. The Morgan fingerprint density at radius 3 is 2.88 bits per heavy atom. The van der Waals surface area contributed by atoms with Crippen molar-refractivity contribution in [2.24, 2.45) is 5.73 Å². The van der Waals surface area contributed by atoms with E-state index in [1.54, 1.807) is 6.92 Å². The molecule has 1 aromatic carbocycles. The minimum Gasteiger partial charge on any atom is -0.505 e. The minimum absolute atomic E-state index is 0.234. The molecule has 1 aromatic rings. The van der Waals surface area contributed by atoms with Gasteiger partial charge in [-0.15, -0.1) is 0 Å². The van der Waals surface area contributed by atoms with Crippen LogP contribution in [-0.4, -0.2) is 24.9 Å². The van der Waals surface area contributed by atoms with Gasteiger partial charge in [0.2, 0.25) is 0 Å². The van der Waals surface area contributed by atoms with Crippen LogP contribution in [0.25, 0.3) is 0 Å². The summed E-state index contributed by atoms with van der Waals surface area (Å²) < 4.78 is 24.5. The topological polar surface area (TPSA) is 64.7 Å². The molecule has 16 heavy (non-hydrogen) atoms. The third-order valence-electron chi connectivity index (χ3n) is 2.63. The molecule has 1 unspecified atom stereocenters. The molecule has 5 heteroatoms. The van der Waals surface area contributed by atoms with Crippen molar-refractivity contribution >= 4 is 0 Å². The zero-order chi connectivity index (χ0) is 11.7. The Kier molecular flexibility index (Phi) is 2.87. The normalized spacial score (nSPS) is 15.9. The van der Waals surface area contributed by atoms with Crippen LogP contribution in [0.15, 0.2) is 6.07 Å². The second-order valence-electron chi connectivity index (χ2n) is 3.78. The molecule has 0 bridgehead atoms. The fourth-order valence-electron chi connectivity index (χ4n) is 1.73. The van der Waals surface area contributed by atoms with Gasteiger partial charge in [0.25, 0.3) is 0 Å². The van der Waals surface area contributed by atoms with E-state index in [9.17, 15) is 9.50 Å². The van der Waals surface area contributed by atoms with Crippen LogP contribution in [-0.2, 0) is 0 Å². The summed E-state index contributed by atoms with van der Waals surface area (Å²) in [6.45, 7) is 2.82. The first kappa shape index (κ1) is 11.0. The minimum atomic E-state index is -0.679. The molecular formula is C11H14FNO3. The zero-order valence-corrected chi connectivity index (χ0v) is 9.00. The van der Waals surface area contributed by atoms with E-state index in [-0.39, 0.29) is 18.0 Å². The third kappa shape index (κ3) is 1.67. The largest absolute Gasteiger partial charge is 0.505 e. The molecule has 0 saturated carbocycles. The SMILES string of the molecule is CC(CN)c1c(F)c(O)cc2c1OCCO2. The molecule has 2 rings (SSSR count). The van der Waals surface area contributed by atoms with Crippen molar-refractivity contribution in [1.29, 1.82) is 0 Å². The number of rotatable bonds is 2. The Balaban J connectivity index is 2.59. The number of halogens is 1. The Labute approximate surface area is 92.8 Å². The summed E-state index contributed by atoms with van der Waals surface area (Å²) in [5.74, 6) is -0.607. The Morgan fingerprint density at radius 1 is 1.50 bits per heavy atom. The van der Waals surface area contributed by atoms with Crippen LogP contribution in [0.2, 0.25) is 0 Å². The predicted octanol–water partition coefficient (Wildman–Crippen LogP) is 1.36. The lowest BCUT2D eigenvalue weighted by molar-refractivity contribution is 0.167. The molecule has 0 spiro atoms. The number of phenolic OH excluding ortho intramolecular Hbond substituents is 1. The van der Waals surface area contributed by atoms with Crippen LogP contribution in [0.4, 0.5) is 4.39 Å². The summed E-state index contributed by atoms with van der Waals surface area (Å²) in [5, 5.41) is 9.45. The molecule has 0 radical (unpaired) electrons. The van der Waals surface area contributed by atoms with Gasteiger partial charge in [-0.3, -0.25) is 0 Å². The number of phenols is 1. The molecule has 1 aliphatic rings. The van der Waals surface area contributed by atoms with Crippen LogP contribution in [0.1, 0.15) is 18.4 Å². The maximum absolute atomic E-state index is 13.8. The number of hydrogen-bond acceptors (Lipinski definition) is 4. The van der Waals surface area contributed by atoms with E-state index in [0.717, 1.165) is 0 Å². The number of fused-ring (bicyclic) bond motifs is 1. The molecule has 0 aliphatic carbocycles. The maximum Gasteiger partial charge on any atom is 0.172 e. The van der Waals surface area contributed by atoms with Gasteiger partial charge in [0.05, 0.1) is 0 Å². The first-order valence-electron chi connectivity index (χ1n) is 5.16. The van der Waals surface area contributed by atoms with Crippen molar-refractivity contribution in [3.63, 3.8) is 0 Å². The molecule has 4 nitrogen and oxygen atoms in total. The van der Waals surface area contributed by atoms with Crippen molar-refractivity contribution < 1.29 is 19.0 Å². The quantitative estimate of drug-likeness (QED) is 0.800. The standard InChI is InChI=1S/C11H14FNO3/c1-6(5-13)9-10(12)7(14)4-8-11(9)16-3-2-15-8/h4,6,14H,2-3,5,13H2,1H3. The number of benzene rings is 1. The van der Waals surface area contributed by atoms with Crippen LogP contribution in [0.3, 0.4) is 0 Å². The van der Waals surface area contributed by atoms with Crippen LogP contribution in [0, 0.1) is 5.82 Å². The van der Waals surface area contributed by atoms with Gasteiger partial charge in [-0.2, -0.15) is 0 Å². The summed E-state index contributed by atoms with van der Waals surface area (Å²) in [6.07, 6.45) is 0. The Morgan fingerprint density at radius 2 is 2.19 bits per heavy atom. The van der Waals surface area contributed by atoms with E-state index >= 15 is 0 Å². The van der Waals surface area contributed by atoms with Gasteiger partial charge in [0, 0.05) is 17.5 Å². The van der Waals surface area contributed by atoms with E-state index in [1.165, 1.54) is 6.07 Å². The monoisotopic (exact) mass is 227 g/mol. The van der Waals surface area contributed by atoms with E-state index in [0.29, 0.717) is 24.7 Å². The summed E-state index contributed by atoms with van der Waals surface area (Å²) in [4.78, 5) is 0. The molecule has 88 valence electrons. The number of ether oxygens (including phenoxy) is 2. The molecule has 0 saturated heterocycles. The third-order valence-corrected chi connectivity index (χ3v) is 2.63. The molecule has 0 aromatic heterocycles. The van der Waals surface area contributed by atoms with E-state index < -0.39 is 11.6 Å². The Bertz CT molecular complexity index is 409. The fourth-order valence-corrected chi connectivity index (χ4v) is 1.73. The van der Waals surface area contributed by atoms with Crippen LogP contribution < -0.4 is 15.2 Å². The predicted molar refractivity (Wildman–Crippen MR) is 56.5 cm³/mol. The average molecular weight is 227 g/mol. The summed E-state index contributed by atoms with van der Waals surface area (Å²) in [7, 11) is 0. The van der Waals surface area contributed by atoms with Gasteiger partial charge in [0.15, 0.2) is 23.1 Å². The van der Waals surface area contributed by atoms with E-state index in [4.69, 9.17) is 15.2 Å². The summed E-state index contributed by atoms with van der Waals surface area (Å²) >= 11 is 0. The summed E-state index contributed by atoms with van der Waals surface area (Å²) in [6, 6.07) is 1.23. The summed E-state index contributed by atoms with van der Waals surface area (Å²) in [5.41, 5.74) is 5.80. The first-order chi connectivity index (χ1) is 7.65. The molecule has 1 heterocycles. The molecular weight excluding hydrogens is 213 g/mol. The Hall–Kier alpha value is -1.49. The number of hydrogen-bond donors (Lipinski definition) is 2. The highest BCUT2D eigenvalue weighted by Crippen LogP contribution is 2.43. The van der Waals surface area contributed by atoms with Crippen molar-refractivity contribution in [3.05, 3.63) is 17.4 Å². The number of aromatic hydroxyl groups is 1. The maximum atomic E-state index is 13.8. The zero-order valence-electron chi connectivity index (χ0n) is 9.00. The van der Waals surface area contributed by atoms with Crippen molar-refractivity contribution in [3.8, 4) is 17.2 Å². The van der Waals surface area contributed by atoms with Gasteiger partial charge in [-0.25, -0.2) is 4.39 Å². The van der Waals surface area contributed by atoms with Gasteiger partial charge >= 0.3 is 0 Å². The highest BCUT2D eigenvalue weighted by molar-refractivity contribution is 5.54. The molecule has 1 aliphatic heterocycles. The van der Waals surface area contributed by atoms with E-state index in [1.807, 2.05) is 0 Å². The molecule has 3 N–H and O–H groups in total. The fraction of sp³-hybridized carbons (Fsp3) is 0.455. The van der Waals surface area contributed by atoms with Crippen molar-refractivity contribution in [2.45, 2.75) is 12.8 Å². The van der Waals surface area contributed by atoms with Gasteiger partial charge in [-0.05, 0) is 6.54 Å². The van der Waals surface area contributed by atoms with Crippen LogP contribution in [0.5, 0.6) is 17.2 Å². The second-order valence-corrected chi connectivity index (χ2v) is 3.78. The van der Waals surface area contributed by atoms with Crippen LogP contribution >= 0.6 is 0 Å². The van der Waals surface area contributed by atoms with Crippen molar-refractivity contribution in [1.82, 2.24) is 0 Å². The lowest BCUT2D eigenvalue weighted by Gasteiger charge is -2.24. The van der Waals surface area contributed by atoms with Gasteiger partial charge < -0.3 is 20.3 Å². The highest BCUT2D eigenvalue weighted by atomic mass is 19.1. The van der Waals surface area contributed by atoms with Gasteiger partial charge in [-0.1, -0.05) is 6.92 Å². The first-order valence-corrected chi connectivity index (χ1v) is 5.16. The van der Waals surface area contributed by atoms with Gasteiger partial charge in [0.1, 0.15) is 13.2 Å². The van der Waals surface area contributed by atoms with E-state index in [2.05, 4.69) is 0 Å². The lowest BCUT2D eigenvalue weighted by atomic mass is 9.98.